The van der Waals surface area contributed by atoms with Crippen LogP contribution in [-0.2, 0) is 19.5 Å². The minimum atomic E-state index is 0.564. The molecule has 6 heteroatoms. The van der Waals surface area contributed by atoms with E-state index in [4.69, 9.17) is 0 Å². The van der Waals surface area contributed by atoms with Gasteiger partial charge in [-0.15, -0.1) is 0 Å². The average molecular weight is 288 g/mol. The van der Waals surface area contributed by atoms with Crippen molar-refractivity contribution in [2.24, 2.45) is 0 Å². The first kappa shape index (κ1) is 14.3. The molecule has 21 heavy (non-hydrogen) atoms. The number of aryl methyl sites for hydroxylation is 2. The third-order valence-corrected chi connectivity index (χ3v) is 4.41. The molecule has 1 unspecified atom stereocenters. The van der Waals surface area contributed by atoms with Gasteiger partial charge in [0.25, 0.3) is 0 Å². The predicted octanol–water partition coefficient (Wildman–Crippen LogP) is 1.96. The zero-order chi connectivity index (χ0) is 14.7. The van der Waals surface area contributed by atoms with Crippen LogP contribution < -0.4 is 0 Å². The standard InChI is InChI=1S/C15H24N6/c1-3-12-8-17-19-15(12)13-6-5-7-20(9-13)10-14-16-11-18-21(14)4-2/h8,11,13H,3-7,9-10H2,1-2H3,(H,17,19). The van der Waals surface area contributed by atoms with E-state index in [1.807, 2.05) is 10.9 Å². The maximum absolute atomic E-state index is 4.39. The summed E-state index contributed by atoms with van der Waals surface area (Å²) in [4.78, 5) is 6.88. The Kier molecular flexibility index (Phi) is 4.34. The summed E-state index contributed by atoms with van der Waals surface area (Å²) in [6, 6.07) is 0. The summed E-state index contributed by atoms with van der Waals surface area (Å²) in [6.07, 6.45) is 7.15. The molecule has 6 nitrogen and oxygen atoms in total. The normalized spacial score (nSPS) is 20.0. The van der Waals surface area contributed by atoms with Gasteiger partial charge in [0.2, 0.25) is 0 Å². The lowest BCUT2D eigenvalue weighted by Crippen LogP contribution is -2.35. The van der Waals surface area contributed by atoms with Crippen molar-refractivity contribution in [2.75, 3.05) is 13.1 Å². The molecule has 114 valence electrons. The van der Waals surface area contributed by atoms with Crippen molar-refractivity contribution in [1.29, 1.82) is 0 Å². The lowest BCUT2D eigenvalue weighted by molar-refractivity contribution is 0.191. The predicted molar refractivity (Wildman–Crippen MR) is 80.9 cm³/mol. The lowest BCUT2D eigenvalue weighted by Gasteiger charge is -2.32. The Labute approximate surface area is 125 Å². The number of aromatic amines is 1. The van der Waals surface area contributed by atoms with E-state index in [2.05, 4.69) is 39.0 Å². The topological polar surface area (TPSA) is 62.6 Å². The Morgan fingerprint density at radius 3 is 3.10 bits per heavy atom. The van der Waals surface area contributed by atoms with Gasteiger partial charge in [-0.1, -0.05) is 6.92 Å². The van der Waals surface area contributed by atoms with Crippen LogP contribution in [0.25, 0.3) is 0 Å². The summed E-state index contributed by atoms with van der Waals surface area (Å²) in [5, 5.41) is 11.7. The van der Waals surface area contributed by atoms with Crippen molar-refractivity contribution in [1.82, 2.24) is 29.9 Å². The van der Waals surface area contributed by atoms with Gasteiger partial charge in [-0.25, -0.2) is 9.67 Å². The molecule has 1 saturated heterocycles. The van der Waals surface area contributed by atoms with E-state index in [1.165, 1.54) is 24.1 Å². The molecule has 3 rings (SSSR count). The van der Waals surface area contributed by atoms with Crippen LogP contribution in [-0.4, -0.2) is 43.0 Å². The highest BCUT2D eigenvalue weighted by Gasteiger charge is 2.25. The molecule has 3 heterocycles. The highest BCUT2D eigenvalue weighted by atomic mass is 15.3. The third kappa shape index (κ3) is 3.00. The number of aromatic nitrogens is 5. The van der Waals surface area contributed by atoms with Gasteiger partial charge in [-0.05, 0) is 38.3 Å². The minimum Gasteiger partial charge on any atom is -0.295 e. The number of hydrogen-bond acceptors (Lipinski definition) is 4. The second kappa shape index (κ2) is 6.39. The Morgan fingerprint density at radius 2 is 2.29 bits per heavy atom. The van der Waals surface area contributed by atoms with E-state index < -0.39 is 0 Å². The monoisotopic (exact) mass is 288 g/mol. The molecule has 1 atom stereocenters. The Hall–Kier alpha value is -1.69. The van der Waals surface area contributed by atoms with E-state index in [0.29, 0.717) is 5.92 Å². The van der Waals surface area contributed by atoms with Crippen LogP contribution in [0.15, 0.2) is 12.5 Å². The fourth-order valence-electron chi connectivity index (χ4n) is 3.27. The maximum atomic E-state index is 4.39. The highest BCUT2D eigenvalue weighted by molar-refractivity contribution is 5.21. The Bertz CT molecular complexity index is 572. The van der Waals surface area contributed by atoms with Crippen molar-refractivity contribution in [3.05, 3.63) is 29.6 Å². The zero-order valence-corrected chi connectivity index (χ0v) is 12.9. The van der Waals surface area contributed by atoms with E-state index >= 15 is 0 Å². The Morgan fingerprint density at radius 1 is 1.38 bits per heavy atom. The van der Waals surface area contributed by atoms with Crippen LogP contribution in [0.1, 0.15) is 49.7 Å². The minimum absolute atomic E-state index is 0.564. The molecule has 2 aromatic rings. The molecular weight excluding hydrogens is 264 g/mol. The molecule has 0 bridgehead atoms. The summed E-state index contributed by atoms with van der Waals surface area (Å²) >= 11 is 0. The lowest BCUT2D eigenvalue weighted by atomic mass is 9.92. The highest BCUT2D eigenvalue weighted by Crippen LogP contribution is 2.28. The van der Waals surface area contributed by atoms with Crippen molar-refractivity contribution in [3.63, 3.8) is 0 Å². The number of piperidine rings is 1. The van der Waals surface area contributed by atoms with Gasteiger partial charge in [-0.3, -0.25) is 10.00 Å². The van der Waals surface area contributed by atoms with Gasteiger partial charge < -0.3 is 0 Å². The molecule has 0 amide bonds. The maximum Gasteiger partial charge on any atom is 0.140 e. The molecule has 0 radical (unpaired) electrons. The second-order valence-electron chi connectivity index (χ2n) is 5.73. The van der Waals surface area contributed by atoms with Crippen molar-refractivity contribution in [3.8, 4) is 0 Å². The van der Waals surface area contributed by atoms with Crippen molar-refractivity contribution >= 4 is 0 Å². The fourth-order valence-corrected chi connectivity index (χ4v) is 3.27. The van der Waals surface area contributed by atoms with Gasteiger partial charge in [0.15, 0.2) is 0 Å². The smallest absolute Gasteiger partial charge is 0.140 e. The van der Waals surface area contributed by atoms with Crippen molar-refractivity contribution in [2.45, 2.75) is 52.1 Å². The van der Waals surface area contributed by atoms with E-state index in [0.717, 1.165) is 38.4 Å². The van der Waals surface area contributed by atoms with Crippen LogP contribution in [0, 0.1) is 0 Å². The second-order valence-corrected chi connectivity index (χ2v) is 5.73. The van der Waals surface area contributed by atoms with E-state index in [9.17, 15) is 0 Å². The Balaban J connectivity index is 1.68. The first-order valence-electron chi connectivity index (χ1n) is 7.93. The molecule has 1 aliphatic heterocycles. The first-order chi connectivity index (χ1) is 10.3. The number of hydrogen-bond donors (Lipinski definition) is 1. The van der Waals surface area contributed by atoms with Crippen LogP contribution in [0.3, 0.4) is 0 Å². The molecule has 0 saturated carbocycles. The molecule has 1 aliphatic rings. The number of nitrogens with zero attached hydrogens (tertiary/aromatic N) is 5. The van der Waals surface area contributed by atoms with Crippen LogP contribution in [0.4, 0.5) is 0 Å². The number of rotatable bonds is 5. The molecule has 0 spiro atoms. The van der Waals surface area contributed by atoms with Gasteiger partial charge in [0.1, 0.15) is 12.2 Å². The summed E-state index contributed by atoms with van der Waals surface area (Å²) < 4.78 is 1.98. The summed E-state index contributed by atoms with van der Waals surface area (Å²) in [5.74, 6) is 1.63. The third-order valence-electron chi connectivity index (χ3n) is 4.41. The van der Waals surface area contributed by atoms with Crippen molar-refractivity contribution < 1.29 is 0 Å². The molecule has 2 aromatic heterocycles. The summed E-state index contributed by atoms with van der Waals surface area (Å²) in [6.45, 7) is 8.29. The number of H-pyrrole nitrogens is 1. The molecule has 1 fully saturated rings. The number of likely N-dealkylation sites (tertiary alicyclic amines) is 1. The molecule has 0 aromatic carbocycles. The van der Waals surface area contributed by atoms with Crippen LogP contribution >= 0.6 is 0 Å². The fraction of sp³-hybridized carbons (Fsp3) is 0.667. The summed E-state index contributed by atoms with van der Waals surface area (Å²) in [7, 11) is 0. The molecular formula is C15H24N6. The van der Waals surface area contributed by atoms with Gasteiger partial charge in [0, 0.05) is 24.7 Å². The summed E-state index contributed by atoms with van der Waals surface area (Å²) in [5.41, 5.74) is 2.69. The first-order valence-corrected chi connectivity index (χ1v) is 7.93. The van der Waals surface area contributed by atoms with E-state index in [1.54, 1.807) is 6.33 Å². The SMILES string of the molecule is CCc1cn[nH]c1C1CCCN(Cc2ncnn2CC)C1. The molecule has 0 aliphatic carbocycles. The molecule has 1 N–H and O–H groups in total. The van der Waals surface area contributed by atoms with Crippen LogP contribution in [0.2, 0.25) is 0 Å². The van der Waals surface area contributed by atoms with Gasteiger partial charge >= 0.3 is 0 Å². The zero-order valence-electron chi connectivity index (χ0n) is 12.9. The van der Waals surface area contributed by atoms with Gasteiger partial charge in [-0.2, -0.15) is 10.2 Å². The van der Waals surface area contributed by atoms with Crippen LogP contribution in [0.5, 0.6) is 0 Å². The average Bonchev–Trinajstić information content (AvgIpc) is 3.15. The quantitative estimate of drug-likeness (QED) is 0.913. The number of nitrogens with one attached hydrogen (secondary N) is 1. The van der Waals surface area contributed by atoms with Gasteiger partial charge in [0.05, 0.1) is 12.7 Å². The largest absolute Gasteiger partial charge is 0.295 e. The van der Waals surface area contributed by atoms with E-state index in [-0.39, 0.29) is 0 Å².